The van der Waals surface area contributed by atoms with Crippen molar-refractivity contribution in [2.75, 3.05) is 36.4 Å². The minimum Gasteiger partial charge on any atom is -0.444 e. The van der Waals surface area contributed by atoms with Crippen LogP contribution in [0.1, 0.15) is 52.9 Å². The Kier molecular flexibility index (Phi) is 8.10. The number of likely N-dealkylation sites (tertiary alicyclic amines) is 1. The molecule has 3 N–H and O–H groups in total. The Bertz CT molecular complexity index is 1060. The van der Waals surface area contributed by atoms with Crippen LogP contribution < -0.4 is 20.9 Å². The Labute approximate surface area is 220 Å². The molecule has 0 radical (unpaired) electrons. The summed E-state index contributed by atoms with van der Waals surface area (Å²) in [4.78, 5) is 38.4. The number of alkyl halides is 2. The molecule has 3 aliphatic heterocycles. The largest absolute Gasteiger partial charge is 0.444 e. The molecule has 0 bridgehead atoms. The number of rotatable bonds is 5. The highest BCUT2D eigenvalue weighted by Gasteiger charge is 2.48. The maximum Gasteiger partial charge on any atom is 0.407 e. The number of anilines is 2. The molecule has 0 spiro atoms. The summed E-state index contributed by atoms with van der Waals surface area (Å²) in [5, 5.41) is 7.96. The predicted octanol–water partition coefficient (Wildman–Crippen LogP) is 3.25. The number of amides is 3. The van der Waals surface area contributed by atoms with Gasteiger partial charge in [-0.05, 0) is 64.7 Å². The van der Waals surface area contributed by atoms with Gasteiger partial charge in [0.2, 0.25) is 11.8 Å². The molecule has 3 saturated heterocycles. The van der Waals surface area contributed by atoms with Gasteiger partial charge in [0.1, 0.15) is 17.5 Å². The second kappa shape index (κ2) is 11.0. The number of benzene rings is 1. The van der Waals surface area contributed by atoms with Crippen molar-refractivity contribution in [1.82, 2.24) is 15.5 Å². The Morgan fingerprint density at radius 3 is 2.42 bits per heavy atom. The van der Waals surface area contributed by atoms with Crippen molar-refractivity contribution >= 4 is 29.3 Å². The summed E-state index contributed by atoms with van der Waals surface area (Å²) in [6.45, 7) is 5.86. The average molecular weight is 540 g/mol. The fourth-order valence-corrected chi connectivity index (χ4v) is 5.30. The second-order valence-electron chi connectivity index (χ2n) is 11.3. The minimum atomic E-state index is -3.06. The monoisotopic (exact) mass is 539 g/mol. The van der Waals surface area contributed by atoms with E-state index in [1.807, 2.05) is 0 Å². The maximum atomic E-state index is 15.3. The summed E-state index contributed by atoms with van der Waals surface area (Å²) in [7, 11) is 0. The van der Waals surface area contributed by atoms with Gasteiger partial charge in [0.05, 0.1) is 18.3 Å². The summed E-state index contributed by atoms with van der Waals surface area (Å²) < 4.78 is 50.8. The SMILES string of the molecule is CC(C)(C)OC(=O)NC1CCN(C2CCN(c3ccc(NC4CCC(=O)NC4=O)cc3F)CC2(F)F)CC1. The van der Waals surface area contributed by atoms with Crippen LogP contribution in [0.4, 0.5) is 29.3 Å². The lowest BCUT2D eigenvalue weighted by Gasteiger charge is -2.46. The fraction of sp³-hybridized carbons (Fsp3) is 0.654. The van der Waals surface area contributed by atoms with Crippen LogP contribution in [-0.2, 0) is 14.3 Å². The van der Waals surface area contributed by atoms with Gasteiger partial charge in [0.25, 0.3) is 5.92 Å². The molecule has 3 heterocycles. The number of nitrogens with one attached hydrogen (secondary N) is 3. The number of hydrogen-bond acceptors (Lipinski definition) is 7. The molecule has 4 rings (SSSR count). The molecular formula is C26H36F3N5O4. The highest BCUT2D eigenvalue weighted by Crippen LogP contribution is 2.36. The molecule has 38 heavy (non-hydrogen) atoms. The molecule has 9 nitrogen and oxygen atoms in total. The van der Waals surface area contributed by atoms with Crippen molar-refractivity contribution in [1.29, 1.82) is 0 Å². The van der Waals surface area contributed by atoms with E-state index in [0.717, 1.165) is 0 Å². The number of imide groups is 1. The maximum absolute atomic E-state index is 15.3. The number of carbonyl (C=O) groups excluding carboxylic acids is 3. The highest BCUT2D eigenvalue weighted by atomic mass is 19.3. The normalized spacial score (nSPS) is 25.1. The molecule has 1 aromatic rings. The van der Waals surface area contributed by atoms with Gasteiger partial charge in [-0.15, -0.1) is 0 Å². The van der Waals surface area contributed by atoms with Gasteiger partial charge in [0.15, 0.2) is 0 Å². The van der Waals surface area contributed by atoms with Crippen LogP contribution in [-0.4, -0.2) is 78.6 Å². The minimum absolute atomic E-state index is 0.0808. The molecule has 3 aliphatic rings. The number of nitrogens with zero attached hydrogens (tertiary/aromatic N) is 2. The first-order valence-electron chi connectivity index (χ1n) is 13.1. The molecule has 3 fully saturated rings. The van der Waals surface area contributed by atoms with Gasteiger partial charge in [-0.2, -0.15) is 0 Å². The smallest absolute Gasteiger partial charge is 0.407 e. The lowest BCUT2D eigenvalue weighted by atomic mass is 9.94. The summed E-state index contributed by atoms with van der Waals surface area (Å²) in [6, 6.07) is 2.42. The van der Waals surface area contributed by atoms with E-state index < -0.39 is 48.0 Å². The third-order valence-corrected chi connectivity index (χ3v) is 7.12. The fourth-order valence-electron chi connectivity index (χ4n) is 5.30. The Hall–Kier alpha value is -3.02. The lowest BCUT2D eigenvalue weighted by molar-refractivity contribution is -0.133. The summed E-state index contributed by atoms with van der Waals surface area (Å²) in [5.74, 6) is -4.54. The summed E-state index contributed by atoms with van der Waals surface area (Å²) in [6.07, 6.45) is 1.24. The van der Waals surface area contributed by atoms with Crippen LogP contribution >= 0.6 is 0 Å². The average Bonchev–Trinajstić information content (AvgIpc) is 2.80. The highest BCUT2D eigenvalue weighted by molar-refractivity contribution is 6.01. The van der Waals surface area contributed by atoms with Crippen molar-refractivity contribution in [2.24, 2.45) is 0 Å². The van der Waals surface area contributed by atoms with Crippen LogP contribution in [0.25, 0.3) is 0 Å². The molecule has 0 saturated carbocycles. The third-order valence-electron chi connectivity index (χ3n) is 7.12. The molecule has 2 atom stereocenters. The molecule has 0 aromatic heterocycles. The zero-order chi connectivity index (χ0) is 27.7. The van der Waals surface area contributed by atoms with Crippen LogP contribution in [0.5, 0.6) is 0 Å². The van der Waals surface area contributed by atoms with Crippen molar-refractivity contribution in [2.45, 2.75) is 82.5 Å². The number of halogens is 3. The number of ether oxygens (including phenoxy) is 1. The van der Waals surface area contributed by atoms with Gasteiger partial charge in [-0.3, -0.25) is 19.8 Å². The van der Waals surface area contributed by atoms with Gasteiger partial charge in [-0.25, -0.2) is 18.0 Å². The summed E-state index contributed by atoms with van der Waals surface area (Å²) in [5.41, 5.74) is -0.188. The van der Waals surface area contributed by atoms with E-state index in [4.69, 9.17) is 4.74 Å². The third kappa shape index (κ3) is 6.89. The van der Waals surface area contributed by atoms with Crippen molar-refractivity contribution in [3.05, 3.63) is 24.0 Å². The van der Waals surface area contributed by atoms with Gasteiger partial charge in [0, 0.05) is 37.8 Å². The molecule has 210 valence electrons. The Morgan fingerprint density at radius 2 is 1.82 bits per heavy atom. The Morgan fingerprint density at radius 1 is 1.11 bits per heavy atom. The van der Waals surface area contributed by atoms with Crippen molar-refractivity contribution in [3.63, 3.8) is 0 Å². The molecule has 0 aliphatic carbocycles. The van der Waals surface area contributed by atoms with Crippen LogP contribution in [0.3, 0.4) is 0 Å². The van der Waals surface area contributed by atoms with E-state index in [0.29, 0.717) is 38.0 Å². The van der Waals surface area contributed by atoms with Crippen LogP contribution in [0.2, 0.25) is 0 Å². The quantitative estimate of drug-likeness (QED) is 0.494. The van der Waals surface area contributed by atoms with E-state index in [9.17, 15) is 18.8 Å². The zero-order valence-corrected chi connectivity index (χ0v) is 22.0. The van der Waals surface area contributed by atoms with Crippen LogP contribution in [0, 0.1) is 5.82 Å². The Balaban J connectivity index is 1.31. The topological polar surface area (TPSA) is 103 Å². The number of alkyl carbamates (subject to hydrolysis) is 1. The van der Waals surface area contributed by atoms with Crippen LogP contribution in [0.15, 0.2) is 18.2 Å². The molecule has 2 unspecified atom stereocenters. The van der Waals surface area contributed by atoms with Crippen molar-refractivity contribution in [3.8, 4) is 0 Å². The van der Waals surface area contributed by atoms with E-state index >= 15 is 8.78 Å². The summed E-state index contributed by atoms with van der Waals surface area (Å²) >= 11 is 0. The first-order valence-corrected chi connectivity index (χ1v) is 13.1. The van der Waals surface area contributed by atoms with E-state index in [1.54, 1.807) is 31.7 Å². The van der Waals surface area contributed by atoms with E-state index in [1.165, 1.54) is 17.0 Å². The molecule has 12 heteroatoms. The molecule has 3 amide bonds. The van der Waals surface area contributed by atoms with Gasteiger partial charge < -0.3 is 20.3 Å². The first-order chi connectivity index (χ1) is 17.8. The predicted molar refractivity (Wildman–Crippen MR) is 136 cm³/mol. The van der Waals surface area contributed by atoms with E-state index in [2.05, 4.69) is 16.0 Å². The zero-order valence-electron chi connectivity index (χ0n) is 22.0. The van der Waals surface area contributed by atoms with Gasteiger partial charge in [-0.1, -0.05) is 0 Å². The number of piperidine rings is 3. The number of carbonyl (C=O) groups is 3. The van der Waals surface area contributed by atoms with Gasteiger partial charge >= 0.3 is 6.09 Å². The number of hydrogen-bond donors (Lipinski definition) is 3. The van der Waals surface area contributed by atoms with Crippen molar-refractivity contribution < 1.29 is 32.3 Å². The molecular weight excluding hydrogens is 503 g/mol. The first kappa shape index (κ1) is 28.0. The standard InChI is InChI=1S/C26H36F3N5O4/c1-25(2,3)38-24(37)31-16-8-11-33(12-9-16)21-10-13-34(15-26(21,28)29)20-6-4-17(14-18(20)27)30-19-5-7-22(35)32-23(19)36/h4,6,14,16,19,21,30H,5,7-13,15H2,1-3H3,(H,31,37)(H,32,35,36). The second-order valence-corrected chi connectivity index (χ2v) is 11.3. The lowest BCUT2D eigenvalue weighted by Crippen LogP contribution is -2.60. The van der Waals surface area contributed by atoms with E-state index in [-0.39, 0.29) is 37.0 Å². The molecule has 1 aromatic carbocycles.